The van der Waals surface area contributed by atoms with Crippen LogP contribution in [0.3, 0.4) is 0 Å². The molecule has 1 heterocycles. The van der Waals surface area contributed by atoms with Crippen LogP contribution in [0.15, 0.2) is 36.7 Å². The molecule has 2 aromatic rings. The van der Waals surface area contributed by atoms with Crippen LogP contribution < -0.4 is 15.4 Å². The summed E-state index contributed by atoms with van der Waals surface area (Å²) in [5.41, 5.74) is 0.520. The third-order valence-electron chi connectivity index (χ3n) is 5.69. The van der Waals surface area contributed by atoms with Gasteiger partial charge in [0, 0.05) is 30.9 Å². The van der Waals surface area contributed by atoms with E-state index >= 15 is 0 Å². The maximum atomic E-state index is 12.5. The molecule has 0 bridgehead atoms. The second-order valence-electron chi connectivity index (χ2n) is 7.58. The summed E-state index contributed by atoms with van der Waals surface area (Å²) in [6.07, 6.45) is 5.25. The Morgan fingerprint density at radius 1 is 1.23 bits per heavy atom. The van der Waals surface area contributed by atoms with Gasteiger partial charge in [0.1, 0.15) is 11.6 Å². The van der Waals surface area contributed by atoms with E-state index in [1.54, 1.807) is 37.6 Å². The van der Waals surface area contributed by atoms with Gasteiger partial charge in [0.05, 0.1) is 13.7 Å². The van der Waals surface area contributed by atoms with Crippen molar-refractivity contribution in [2.75, 3.05) is 7.11 Å². The van der Waals surface area contributed by atoms with Crippen LogP contribution in [-0.4, -0.2) is 39.6 Å². The summed E-state index contributed by atoms with van der Waals surface area (Å²) in [6.45, 7) is 3.27. The summed E-state index contributed by atoms with van der Waals surface area (Å²) in [4.78, 5) is 29.1. The van der Waals surface area contributed by atoms with Crippen molar-refractivity contribution in [1.82, 2.24) is 20.2 Å². The Kier molecular flexibility index (Phi) is 7.46. The summed E-state index contributed by atoms with van der Waals surface area (Å²) in [5.74, 6) is 1.07. The topological polar surface area (TPSA) is 105 Å². The standard InChI is InChI=1S/C22H30N4O4/c1-3-26-13-12-23-19(26)14-24-21(28)16-4-8-17(9-5-16)25-22(29)20(27)15-6-10-18(30-2)11-7-15/h6-7,10-13,16-17,20,27H,3-5,8-9,14H2,1-2H3,(H,24,28)(H,25,29). The first-order valence-corrected chi connectivity index (χ1v) is 10.4. The zero-order valence-electron chi connectivity index (χ0n) is 17.5. The maximum absolute atomic E-state index is 12.5. The fraction of sp³-hybridized carbons (Fsp3) is 0.500. The fourth-order valence-corrected chi connectivity index (χ4v) is 3.82. The normalized spacial score (nSPS) is 19.7. The minimum atomic E-state index is -1.22. The number of carbonyl (C=O) groups excluding carboxylic acids is 2. The van der Waals surface area contributed by atoms with Crippen LogP contribution in [0.4, 0.5) is 0 Å². The quantitative estimate of drug-likeness (QED) is 0.612. The minimum Gasteiger partial charge on any atom is -0.497 e. The number of ether oxygens (including phenoxy) is 1. The average molecular weight is 415 g/mol. The number of amides is 2. The Morgan fingerprint density at radius 3 is 2.57 bits per heavy atom. The SMILES string of the molecule is CCn1ccnc1CNC(=O)C1CCC(NC(=O)C(O)c2ccc(OC)cc2)CC1. The van der Waals surface area contributed by atoms with Gasteiger partial charge in [-0.1, -0.05) is 12.1 Å². The number of aliphatic hydroxyl groups is 1. The van der Waals surface area contributed by atoms with E-state index in [1.165, 1.54) is 0 Å². The number of hydrogen-bond donors (Lipinski definition) is 3. The highest BCUT2D eigenvalue weighted by atomic mass is 16.5. The first-order chi connectivity index (χ1) is 14.5. The highest BCUT2D eigenvalue weighted by molar-refractivity contribution is 5.82. The summed E-state index contributed by atoms with van der Waals surface area (Å²) >= 11 is 0. The van der Waals surface area contributed by atoms with E-state index in [0.717, 1.165) is 12.4 Å². The van der Waals surface area contributed by atoms with Crippen molar-refractivity contribution in [3.63, 3.8) is 0 Å². The average Bonchev–Trinajstić information content (AvgIpc) is 3.25. The second-order valence-corrected chi connectivity index (χ2v) is 7.58. The molecule has 1 unspecified atom stereocenters. The van der Waals surface area contributed by atoms with E-state index < -0.39 is 12.0 Å². The molecular formula is C22H30N4O4. The van der Waals surface area contributed by atoms with Gasteiger partial charge in [0.2, 0.25) is 5.91 Å². The minimum absolute atomic E-state index is 0.0312. The molecule has 1 aliphatic carbocycles. The molecule has 2 amide bonds. The number of aryl methyl sites for hydroxylation is 1. The number of rotatable bonds is 8. The molecule has 8 heteroatoms. The number of aliphatic hydroxyl groups excluding tert-OH is 1. The molecule has 1 fully saturated rings. The Bertz CT molecular complexity index is 841. The van der Waals surface area contributed by atoms with Crippen molar-refractivity contribution in [2.24, 2.45) is 5.92 Å². The van der Waals surface area contributed by atoms with E-state index in [9.17, 15) is 14.7 Å². The molecule has 1 atom stereocenters. The van der Waals surface area contributed by atoms with Crippen LogP contribution in [-0.2, 0) is 22.7 Å². The van der Waals surface area contributed by atoms with Gasteiger partial charge in [-0.05, 0) is 50.3 Å². The predicted molar refractivity (Wildman–Crippen MR) is 112 cm³/mol. The summed E-state index contributed by atoms with van der Waals surface area (Å²) < 4.78 is 7.09. The number of benzene rings is 1. The van der Waals surface area contributed by atoms with E-state index in [-0.39, 0.29) is 17.9 Å². The molecular weight excluding hydrogens is 384 g/mol. The van der Waals surface area contributed by atoms with E-state index in [2.05, 4.69) is 15.6 Å². The molecule has 0 spiro atoms. The third-order valence-corrected chi connectivity index (χ3v) is 5.69. The highest BCUT2D eigenvalue weighted by Crippen LogP contribution is 2.25. The molecule has 30 heavy (non-hydrogen) atoms. The van der Waals surface area contributed by atoms with Gasteiger partial charge in [0.15, 0.2) is 6.10 Å². The lowest BCUT2D eigenvalue weighted by molar-refractivity contribution is -0.130. The largest absolute Gasteiger partial charge is 0.497 e. The van der Waals surface area contributed by atoms with E-state index in [1.807, 2.05) is 17.7 Å². The van der Waals surface area contributed by atoms with Crippen molar-refractivity contribution in [3.8, 4) is 5.75 Å². The summed E-state index contributed by atoms with van der Waals surface area (Å²) in [5, 5.41) is 16.2. The van der Waals surface area contributed by atoms with Crippen LogP contribution in [0.1, 0.15) is 50.1 Å². The van der Waals surface area contributed by atoms with Crippen LogP contribution in [0.25, 0.3) is 0 Å². The van der Waals surface area contributed by atoms with Crippen molar-refractivity contribution in [3.05, 3.63) is 48.0 Å². The number of methoxy groups -OCH3 is 1. The van der Waals surface area contributed by atoms with Gasteiger partial charge in [-0.25, -0.2) is 4.98 Å². The number of nitrogens with zero attached hydrogens (tertiary/aromatic N) is 2. The van der Waals surface area contributed by atoms with Gasteiger partial charge < -0.3 is 25.0 Å². The maximum Gasteiger partial charge on any atom is 0.253 e. The van der Waals surface area contributed by atoms with E-state index in [0.29, 0.717) is 43.5 Å². The number of imidazole rings is 1. The Hall–Kier alpha value is -2.87. The highest BCUT2D eigenvalue weighted by Gasteiger charge is 2.28. The lowest BCUT2D eigenvalue weighted by atomic mass is 9.85. The molecule has 8 nitrogen and oxygen atoms in total. The first kappa shape index (κ1) is 21.8. The van der Waals surface area contributed by atoms with Crippen molar-refractivity contribution in [2.45, 2.75) is 57.8 Å². The number of aromatic nitrogens is 2. The molecule has 1 aromatic heterocycles. The van der Waals surface area contributed by atoms with Crippen molar-refractivity contribution in [1.29, 1.82) is 0 Å². The molecule has 0 aliphatic heterocycles. The smallest absolute Gasteiger partial charge is 0.253 e. The molecule has 1 aliphatic rings. The lowest BCUT2D eigenvalue weighted by Gasteiger charge is -2.29. The zero-order valence-corrected chi connectivity index (χ0v) is 17.5. The van der Waals surface area contributed by atoms with Gasteiger partial charge in [0.25, 0.3) is 5.91 Å². The molecule has 1 saturated carbocycles. The predicted octanol–water partition coefficient (Wildman–Crippen LogP) is 1.94. The number of carbonyl (C=O) groups is 2. The molecule has 0 saturated heterocycles. The Labute approximate surface area is 176 Å². The molecule has 162 valence electrons. The summed E-state index contributed by atoms with van der Waals surface area (Å²) in [7, 11) is 1.56. The van der Waals surface area contributed by atoms with Crippen LogP contribution in [0.5, 0.6) is 5.75 Å². The Morgan fingerprint density at radius 2 is 1.93 bits per heavy atom. The molecule has 0 radical (unpaired) electrons. The van der Waals surface area contributed by atoms with Gasteiger partial charge in [-0.3, -0.25) is 9.59 Å². The van der Waals surface area contributed by atoms with Crippen molar-refractivity contribution < 1.29 is 19.4 Å². The molecule has 3 N–H and O–H groups in total. The van der Waals surface area contributed by atoms with Crippen LogP contribution in [0, 0.1) is 5.92 Å². The lowest BCUT2D eigenvalue weighted by Crippen LogP contribution is -2.42. The number of nitrogens with one attached hydrogen (secondary N) is 2. The van der Waals surface area contributed by atoms with Crippen molar-refractivity contribution >= 4 is 11.8 Å². The van der Waals surface area contributed by atoms with Gasteiger partial charge in [-0.2, -0.15) is 0 Å². The molecule has 1 aromatic carbocycles. The molecule has 3 rings (SSSR count). The number of hydrogen-bond acceptors (Lipinski definition) is 5. The Balaban J connectivity index is 1.43. The fourth-order valence-electron chi connectivity index (χ4n) is 3.82. The summed E-state index contributed by atoms with van der Waals surface area (Å²) in [6, 6.07) is 6.74. The van der Waals surface area contributed by atoms with Crippen LogP contribution in [0.2, 0.25) is 0 Å². The van der Waals surface area contributed by atoms with Gasteiger partial charge >= 0.3 is 0 Å². The third kappa shape index (κ3) is 5.38. The van der Waals surface area contributed by atoms with E-state index in [4.69, 9.17) is 4.74 Å². The van der Waals surface area contributed by atoms with Gasteiger partial charge in [-0.15, -0.1) is 0 Å². The van der Waals surface area contributed by atoms with Crippen LogP contribution >= 0.6 is 0 Å². The zero-order chi connectivity index (χ0) is 21.5. The first-order valence-electron chi connectivity index (χ1n) is 10.4. The monoisotopic (exact) mass is 414 g/mol. The second kappa shape index (κ2) is 10.2.